The Hall–Kier alpha value is -1.91. The average molecular weight is 319 g/mol. The number of carboxylic acids is 1. The molecule has 1 aromatic carbocycles. The van der Waals surface area contributed by atoms with Crippen molar-refractivity contribution >= 4 is 11.9 Å². The molecule has 4 nitrogen and oxygen atoms in total. The van der Waals surface area contributed by atoms with E-state index in [0.29, 0.717) is 25.8 Å². The SMILES string of the molecule is CC1C(C(=O)O)CCN1C(=O)C1(c2cccc(F)c2)CCCC1. The Balaban J connectivity index is 1.93. The molecule has 2 fully saturated rings. The molecule has 5 heteroatoms. The fraction of sp³-hybridized carbons (Fsp3) is 0.556. The predicted molar refractivity (Wildman–Crippen MR) is 83.5 cm³/mol. The van der Waals surface area contributed by atoms with Crippen LogP contribution in [0.2, 0.25) is 0 Å². The molecule has 23 heavy (non-hydrogen) atoms. The molecule has 0 spiro atoms. The standard InChI is InChI=1S/C18H22FNO3/c1-12-15(16(21)22)7-10-20(12)17(23)18(8-2-3-9-18)13-5-4-6-14(19)11-13/h4-6,11-12,15H,2-3,7-10H2,1H3,(H,21,22). The van der Waals surface area contributed by atoms with Gasteiger partial charge in [0.15, 0.2) is 0 Å². The van der Waals surface area contributed by atoms with E-state index in [0.717, 1.165) is 18.4 Å². The van der Waals surface area contributed by atoms with E-state index >= 15 is 0 Å². The second-order valence-corrected chi connectivity index (χ2v) is 6.77. The summed E-state index contributed by atoms with van der Waals surface area (Å²) in [4.78, 5) is 26.3. The number of carbonyl (C=O) groups is 2. The van der Waals surface area contributed by atoms with Crippen LogP contribution in [0.15, 0.2) is 24.3 Å². The van der Waals surface area contributed by atoms with E-state index in [1.807, 2.05) is 6.07 Å². The van der Waals surface area contributed by atoms with Gasteiger partial charge in [-0.15, -0.1) is 0 Å². The van der Waals surface area contributed by atoms with Crippen molar-refractivity contribution in [1.82, 2.24) is 4.90 Å². The number of rotatable bonds is 3. The van der Waals surface area contributed by atoms with Gasteiger partial charge in [0.05, 0.1) is 11.3 Å². The molecular formula is C18H22FNO3. The second-order valence-electron chi connectivity index (χ2n) is 6.77. The van der Waals surface area contributed by atoms with Gasteiger partial charge in [-0.05, 0) is 43.9 Å². The van der Waals surface area contributed by atoms with Crippen molar-refractivity contribution in [3.8, 4) is 0 Å². The lowest BCUT2D eigenvalue weighted by Gasteiger charge is -2.35. The molecule has 0 aromatic heterocycles. The van der Waals surface area contributed by atoms with Crippen LogP contribution in [0.3, 0.4) is 0 Å². The minimum absolute atomic E-state index is 0.0307. The molecule has 2 aliphatic rings. The van der Waals surface area contributed by atoms with Crippen LogP contribution >= 0.6 is 0 Å². The van der Waals surface area contributed by atoms with E-state index in [2.05, 4.69) is 0 Å². The summed E-state index contributed by atoms with van der Waals surface area (Å²) < 4.78 is 13.7. The van der Waals surface area contributed by atoms with E-state index < -0.39 is 17.3 Å². The maximum absolute atomic E-state index is 13.7. The summed E-state index contributed by atoms with van der Waals surface area (Å²) in [6.07, 6.45) is 3.77. The molecule has 1 aliphatic heterocycles. The summed E-state index contributed by atoms with van der Waals surface area (Å²) in [6, 6.07) is 5.99. The molecule has 2 unspecified atom stereocenters. The van der Waals surface area contributed by atoms with Crippen molar-refractivity contribution in [3.05, 3.63) is 35.6 Å². The Kier molecular flexibility index (Phi) is 4.13. The van der Waals surface area contributed by atoms with E-state index in [1.54, 1.807) is 17.9 Å². The summed E-state index contributed by atoms with van der Waals surface area (Å²) >= 11 is 0. The maximum atomic E-state index is 13.7. The van der Waals surface area contributed by atoms with Crippen molar-refractivity contribution in [2.45, 2.75) is 50.5 Å². The third-order valence-corrected chi connectivity index (χ3v) is 5.58. The van der Waals surface area contributed by atoms with Gasteiger partial charge in [-0.3, -0.25) is 9.59 Å². The molecule has 1 aliphatic carbocycles. The minimum atomic E-state index is -0.848. The molecule has 0 bridgehead atoms. The molecular weight excluding hydrogens is 297 g/mol. The third-order valence-electron chi connectivity index (χ3n) is 5.58. The van der Waals surface area contributed by atoms with Crippen LogP contribution < -0.4 is 0 Å². The van der Waals surface area contributed by atoms with Crippen LogP contribution in [-0.4, -0.2) is 34.5 Å². The van der Waals surface area contributed by atoms with E-state index in [1.165, 1.54) is 12.1 Å². The Bertz CT molecular complexity index is 624. The highest BCUT2D eigenvalue weighted by atomic mass is 19.1. The van der Waals surface area contributed by atoms with Crippen LogP contribution in [-0.2, 0) is 15.0 Å². The van der Waals surface area contributed by atoms with Crippen molar-refractivity contribution < 1.29 is 19.1 Å². The average Bonchev–Trinajstić information content (AvgIpc) is 3.14. The number of hydrogen-bond donors (Lipinski definition) is 1. The van der Waals surface area contributed by atoms with Gasteiger partial charge in [0, 0.05) is 12.6 Å². The van der Waals surface area contributed by atoms with Gasteiger partial charge in [-0.25, -0.2) is 4.39 Å². The van der Waals surface area contributed by atoms with E-state index in [9.17, 15) is 19.1 Å². The smallest absolute Gasteiger partial charge is 0.308 e. The molecule has 124 valence electrons. The van der Waals surface area contributed by atoms with Gasteiger partial charge in [-0.2, -0.15) is 0 Å². The fourth-order valence-corrected chi connectivity index (χ4v) is 4.22. The molecule has 1 N–H and O–H groups in total. The first kappa shape index (κ1) is 16.0. The largest absolute Gasteiger partial charge is 0.481 e. The summed E-state index contributed by atoms with van der Waals surface area (Å²) in [5.41, 5.74) is 0.0370. The number of benzene rings is 1. The lowest BCUT2D eigenvalue weighted by Crippen LogP contribution is -2.48. The lowest BCUT2D eigenvalue weighted by atomic mass is 9.77. The summed E-state index contributed by atoms with van der Waals surface area (Å²) in [5.74, 6) is -1.72. The molecule has 1 aromatic rings. The molecule has 3 rings (SSSR count). The van der Waals surface area contributed by atoms with Crippen molar-refractivity contribution in [1.29, 1.82) is 0 Å². The number of likely N-dealkylation sites (tertiary alicyclic amines) is 1. The monoisotopic (exact) mass is 319 g/mol. The normalized spacial score (nSPS) is 26.4. The first-order valence-corrected chi connectivity index (χ1v) is 8.25. The van der Waals surface area contributed by atoms with Gasteiger partial charge in [-0.1, -0.05) is 25.0 Å². The van der Waals surface area contributed by atoms with Gasteiger partial charge in [0.25, 0.3) is 0 Å². The Morgan fingerprint density at radius 2 is 2.00 bits per heavy atom. The molecule has 1 saturated carbocycles. The molecule has 2 atom stereocenters. The first-order valence-electron chi connectivity index (χ1n) is 8.25. The summed E-state index contributed by atoms with van der Waals surface area (Å²) in [7, 11) is 0. The highest BCUT2D eigenvalue weighted by Gasteiger charge is 2.49. The fourth-order valence-electron chi connectivity index (χ4n) is 4.22. The second kappa shape index (κ2) is 5.95. The van der Waals surface area contributed by atoms with E-state index in [4.69, 9.17) is 0 Å². The zero-order valence-electron chi connectivity index (χ0n) is 13.3. The molecule has 1 saturated heterocycles. The molecule has 1 heterocycles. The Labute approximate surface area is 135 Å². The third kappa shape index (κ3) is 2.62. The topological polar surface area (TPSA) is 57.6 Å². The number of hydrogen-bond acceptors (Lipinski definition) is 2. The Morgan fingerprint density at radius 3 is 2.57 bits per heavy atom. The van der Waals surface area contributed by atoms with Crippen molar-refractivity contribution in [2.24, 2.45) is 5.92 Å². The lowest BCUT2D eigenvalue weighted by molar-refractivity contribution is -0.144. The van der Waals surface area contributed by atoms with Gasteiger partial charge < -0.3 is 10.0 Å². The van der Waals surface area contributed by atoms with Crippen LogP contribution in [0.4, 0.5) is 4.39 Å². The van der Waals surface area contributed by atoms with E-state index in [-0.39, 0.29) is 17.8 Å². The van der Waals surface area contributed by atoms with Gasteiger partial charge in [0.1, 0.15) is 5.82 Å². The van der Waals surface area contributed by atoms with Crippen molar-refractivity contribution in [3.63, 3.8) is 0 Å². The van der Waals surface area contributed by atoms with Gasteiger partial charge >= 0.3 is 5.97 Å². The highest BCUT2D eigenvalue weighted by Crippen LogP contribution is 2.44. The van der Waals surface area contributed by atoms with Crippen molar-refractivity contribution in [2.75, 3.05) is 6.54 Å². The molecule has 0 radical (unpaired) electrons. The van der Waals surface area contributed by atoms with Crippen LogP contribution in [0, 0.1) is 11.7 Å². The number of amides is 1. The van der Waals surface area contributed by atoms with Crippen LogP contribution in [0.5, 0.6) is 0 Å². The van der Waals surface area contributed by atoms with Crippen LogP contribution in [0.1, 0.15) is 44.6 Å². The number of carbonyl (C=O) groups excluding carboxylic acids is 1. The number of aliphatic carboxylic acids is 1. The first-order chi connectivity index (χ1) is 11.0. The number of carboxylic acid groups (broad SMARTS) is 1. The minimum Gasteiger partial charge on any atom is -0.481 e. The van der Waals surface area contributed by atoms with Crippen LogP contribution in [0.25, 0.3) is 0 Å². The maximum Gasteiger partial charge on any atom is 0.308 e. The molecule has 1 amide bonds. The Morgan fingerprint density at radius 1 is 1.30 bits per heavy atom. The summed E-state index contributed by atoms with van der Waals surface area (Å²) in [6.45, 7) is 2.27. The number of halogens is 1. The predicted octanol–water partition coefficient (Wildman–Crippen LogP) is 2.96. The quantitative estimate of drug-likeness (QED) is 0.932. The number of nitrogens with zero attached hydrogens (tertiary/aromatic N) is 1. The van der Waals surface area contributed by atoms with Gasteiger partial charge in [0.2, 0.25) is 5.91 Å². The highest BCUT2D eigenvalue weighted by molar-refractivity contribution is 5.90. The summed E-state index contributed by atoms with van der Waals surface area (Å²) in [5, 5.41) is 9.28. The zero-order chi connectivity index (χ0) is 16.6. The zero-order valence-corrected chi connectivity index (χ0v) is 13.3.